The number of carbonyl (C=O) groups is 1. The zero-order chi connectivity index (χ0) is 15.8. The number of rotatable bonds is 2. The molecule has 1 aromatic rings. The zero-order valence-corrected chi connectivity index (χ0v) is 14.4. The molecule has 0 spiro atoms. The molecule has 4 rings (SSSR count). The first-order chi connectivity index (χ1) is 11.2. The molecule has 6 heteroatoms. The van der Waals surface area contributed by atoms with Crippen LogP contribution in [-0.2, 0) is 4.79 Å². The van der Waals surface area contributed by atoms with Gasteiger partial charge in [-0.15, -0.1) is 11.8 Å². The molecule has 3 heterocycles. The van der Waals surface area contributed by atoms with Gasteiger partial charge in [0, 0.05) is 47.6 Å². The molecule has 1 saturated heterocycles. The highest BCUT2D eigenvalue weighted by Crippen LogP contribution is 2.38. The van der Waals surface area contributed by atoms with E-state index in [0.29, 0.717) is 18.0 Å². The number of nitrogens with zero attached hydrogens (tertiary/aromatic N) is 3. The second-order valence-electron chi connectivity index (χ2n) is 6.87. The van der Waals surface area contributed by atoms with Gasteiger partial charge in [0.1, 0.15) is 0 Å². The van der Waals surface area contributed by atoms with Crippen molar-refractivity contribution < 1.29 is 4.79 Å². The van der Waals surface area contributed by atoms with Crippen molar-refractivity contribution in [1.29, 1.82) is 0 Å². The predicted octanol–water partition coefficient (Wildman–Crippen LogP) is 2.20. The van der Waals surface area contributed by atoms with Gasteiger partial charge in [-0.3, -0.25) is 14.8 Å². The van der Waals surface area contributed by atoms with Gasteiger partial charge in [-0.2, -0.15) is 5.10 Å². The molecule has 3 atom stereocenters. The number of hydrogen-bond acceptors (Lipinski definition) is 4. The van der Waals surface area contributed by atoms with Crippen molar-refractivity contribution in [1.82, 2.24) is 20.0 Å². The van der Waals surface area contributed by atoms with Gasteiger partial charge in [0.15, 0.2) is 0 Å². The molecule has 1 aromatic heterocycles. The van der Waals surface area contributed by atoms with E-state index in [1.54, 1.807) is 11.8 Å². The maximum Gasteiger partial charge on any atom is 0.230 e. The number of piperazine rings is 1. The van der Waals surface area contributed by atoms with E-state index < -0.39 is 0 Å². The van der Waals surface area contributed by atoms with Crippen molar-refractivity contribution in [2.24, 2.45) is 5.92 Å². The first-order valence-corrected chi connectivity index (χ1v) is 9.57. The summed E-state index contributed by atoms with van der Waals surface area (Å²) >= 11 is 1.77. The SMILES string of the molecule is CN1CCN(C(=O)C2C=C(c3cn[nH]c3)SC2)C2CCCCC21. The minimum absolute atomic E-state index is 0.0240. The molecule has 2 aliphatic heterocycles. The summed E-state index contributed by atoms with van der Waals surface area (Å²) in [6.45, 7) is 1.89. The number of hydrogen-bond donors (Lipinski definition) is 1. The van der Waals surface area contributed by atoms with Crippen molar-refractivity contribution in [2.45, 2.75) is 37.8 Å². The van der Waals surface area contributed by atoms with Crippen molar-refractivity contribution in [3.8, 4) is 0 Å². The van der Waals surface area contributed by atoms with Crippen LogP contribution in [0.4, 0.5) is 0 Å². The topological polar surface area (TPSA) is 52.2 Å². The van der Waals surface area contributed by atoms with Gasteiger partial charge in [0.05, 0.1) is 12.1 Å². The summed E-state index contributed by atoms with van der Waals surface area (Å²) in [7, 11) is 2.22. The summed E-state index contributed by atoms with van der Waals surface area (Å²) in [5, 5.41) is 6.86. The second-order valence-corrected chi connectivity index (χ2v) is 7.93. The third-order valence-electron chi connectivity index (χ3n) is 5.51. The van der Waals surface area contributed by atoms with Crippen LogP contribution in [0.2, 0.25) is 0 Å². The predicted molar refractivity (Wildman–Crippen MR) is 92.9 cm³/mol. The third-order valence-corrected chi connectivity index (χ3v) is 6.72. The van der Waals surface area contributed by atoms with Crippen LogP contribution in [0.3, 0.4) is 0 Å². The van der Waals surface area contributed by atoms with Gasteiger partial charge in [0.25, 0.3) is 0 Å². The monoisotopic (exact) mass is 332 g/mol. The molecule has 0 radical (unpaired) electrons. The maximum atomic E-state index is 13.1. The lowest BCUT2D eigenvalue weighted by Crippen LogP contribution is -2.61. The summed E-state index contributed by atoms with van der Waals surface area (Å²) in [5.74, 6) is 1.22. The number of amides is 1. The zero-order valence-electron chi connectivity index (χ0n) is 13.6. The Labute approximate surface area is 141 Å². The fourth-order valence-electron chi connectivity index (χ4n) is 4.22. The minimum Gasteiger partial charge on any atom is -0.336 e. The first kappa shape index (κ1) is 15.3. The average Bonchev–Trinajstić information content (AvgIpc) is 3.26. The molecule has 2 fully saturated rings. The number of likely N-dealkylation sites (N-methyl/N-ethyl adjacent to an activating group) is 1. The van der Waals surface area contributed by atoms with Gasteiger partial charge in [-0.25, -0.2) is 0 Å². The van der Waals surface area contributed by atoms with Crippen LogP contribution in [0.25, 0.3) is 4.91 Å². The summed E-state index contributed by atoms with van der Waals surface area (Å²) < 4.78 is 0. The Morgan fingerprint density at radius 1 is 1.30 bits per heavy atom. The molecule has 3 unspecified atom stereocenters. The molecule has 0 bridgehead atoms. The van der Waals surface area contributed by atoms with Crippen molar-refractivity contribution in [3.05, 3.63) is 24.0 Å². The summed E-state index contributed by atoms with van der Waals surface area (Å²) in [5.41, 5.74) is 1.10. The Balaban J connectivity index is 1.50. The highest BCUT2D eigenvalue weighted by Gasteiger charge is 2.40. The maximum absolute atomic E-state index is 13.1. The molecule has 1 amide bonds. The highest BCUT2D eigenvalue weighted by molar-refractivity contribution is 8.08. The van der Waals surface area contributed by atoms with Crippen LogP contribution in [0.5, 0.6) is 0 Å². The van der Waals surface area contributed by atoms with E-state index in [1.165, 1.54) is 30.6 Å². The lowest BCUT2D eigenvalue weighted by Gasteiger charge is -2.49. The molecule has 3 aliphatic rings. The van der Waals surface area contributed by atoms with E-state index in [0.717, 1.165) is 24.4 Å². The quantitative estimate of drug-likeness (QED) is 0.902. The number of thioether (sulfide) groups is 1. The number of aromatic nitrogens is 2. The largest absolute Gasteiger partial charge is 0.336 e. The highest BCUT2D eigenvalue weighted by atomic mass is 32.2. The van der Waals surface area contributed by atoms with Crippen LogP contribution in [0.1, 0.15) is 31.2 Å². The van der Waals surface area contributed by atoms with E-state index in [-0.39, 0.29) is 5.92 Å². The van der Waals surface area contributed by atoms with Gasteiger partial charge >= 0.3 is 0 Å². The molecule has 1 N–H and O–H groups in total. The number of aromatic amines is 1. The second kappa shape index (κ2) is 6.32. The van der Waals surface area contributed by atoms with E-state index in [2.05, 4.69) is 33.1 Å². The Morgan fingerprint density at radius 2 is 2.13 bits per heavy atom. The Bertz CT molecular complexity index is 600. The molecular weight excluding hydrogens is 308 g/mol. The molecule has 0 aromatic carbocycles. The van der Waals surface area contributed by atoms with Crippen molar-refractivity contribution in [2.75, 3.05) is 25.9 Å². The van der Waals surface area contributed by atoms with Gasteiger partial charge in [-0.1, -0.05) is 18.9 Å². The summed E-state index contributed by atoms with van der Waals surface area (Å²) in [6, 6.07) is 0.985. The lowest BCUT2D eigenvalue weighted by atomic mass is 9.86. The lowest BCUT2D eigenvalue weighted by molar-refractivity contribution is -0.141. The molecule has 124 valence electrons. The molecule has 5 nitrogen and oxygen atoms in total. The van der Waals surface area contributed by atoms with Crippen molar-refractivity contribution >= 4 is 22.6 Å². The van der Waals surface area contributed by atoms with Gasteiger partial charge in [0.2, 0.25) is 5.91 Å². The van der Waals surface area contributed by atoms with E-state index in [9.17, 15) is 4.79 Å². The first-order valence-electron chi connectivity index (χ1n) is 8.58. The van der Waals surface area contributed by atoms with Crippen LogP contribution in [-0.4, -0.2) is 63.9 Å². The van der Waals surface area contributed by atoms with Crippen LogP contribution < -0.4 is 0 Å². The average molecular weight is 332 g/mol. The molecule has 1 aliphatic carbocycles. The van der Waals surface area contributed by atoms with Crippen LogP contribution in [0.15, 0.2) is 18.5 Å². The van der Waals surface area contributed by atoms with Crippen LogP contribution in [0, 0.1) is 5.92 Å². The smallest absolute Gasteiger partial charge is 0.230 e. The van der Waals surface area contributed by atoms with E-state index >= 15 is 0 Å². The Morgan fingerprint density at radius 3 is 2.91 bits per heavy atom. The minimum atomic E-state index is 0.0240. The number of H-pyrrole nitrogens is 1. The fraction of sp³-hybridized carbons (Fsp3) is 0.647. The van der Waals surface area contributed by atoms with Crippen molar-refractivity contribution in [3.63, 3.8) is 0 Å². The normalized spacial score (nSPS) is 31.8. The number of nitrogens with one attached hydrogen (secondary N) is 1. The molecule has 1 saturated carbocycles. The number of fused-ring (bicyclic) bond motifs is 1. The van der Waals surface area contributed by atoms with Gasteiger partial charge < -0.3 is 4.90 Å². The molecular formula is C17H24N4OS. The standard InChI is InChI=1S/C17H24N4OS/c1-20-6-7-21(15-5-3-2-4-14(15)20)17(22)12-8-16(23-11-12)13-9-18-19-10-13/h8-10,12,14-15H,2-7,11H2,1H3,(H,18,19). The van der Waals surface area contributed by atoms with E-state index in [1.807, 2.05) is 12.4 Å². The van der Waals surface area contributed by atoms with Gasteiger partial charge in [-0.05, 0) is 19.9 Å². The fourth-order valence-corrected chi connectivity index (χ4v) is 5.36. The Kier molecular flexibility index (Phi) is 4.20. The van der Waals surface area contributed by atoms with E-state index in [4.69, 9.17) is 0 Å². The number of carbonyl (C=O) groups excluding carboxylic acids is 1. The summed E-state index contributed by atoms with van der Waals surface area (Å²) in [4.78, 5) is 18.9. The van der Waals surface area contributed by atoms with Crippen LogP contribution >= 0.6 is 11.8 Å². The summed E-state index contributed by atoms with van der Waals surface area (Å²) in [6.07, 6.45) is 10.8. The third kappa shape index (κ3) is 2.83. The Hall–Kier alpha value is -1.27. The molecule has 23 heavy (non-hydrogen) atoms.